The van der Waals surface area contributed by atoms with E-state index in [0.717, 1.165) is 70.7 Å². The van der Waals surface area contributed by atoms with Crippen molar-refractivity contribution < 1.29 is 19.2 Å². The molecule has 0 spiro atoms. The summed E-state index contributed by atoms with van der Waals surface area (Å²) in [5.74, 6) is -1.08. The summed E-state index contributed by atoms with van der Waals surface area (Å²) in [5.41, 5.74) is 5.30. The van der Waals surface area contributed by atoms with E-state index in [1.54, 1.807) is 24.4 Å². The van der Waals surface area contributed by atoms with Gasteiger partial charge in [-0.2, -0.15) is 5.10 Å². The van der Waals surface area contributed by atoms with Crippen LogP contribution in [0.1, 0.15) is 76.9 Å². The molecule has 1 atom stereocenters. The van der Waals surface area contributed by atoms with E-state index in [0.29, 0.717) is 17.9 Å². The lowest BCUT2D eigenvalue weighted by atomic mass is 9.80. The van der Waals surface area contributed by atoms with Gasteiger partial charge in [0.05, 0.1) is 34.1 Å². The first-order valence-corrected chi connectivity index (χ1v) is 14.8. The predicted octanol–water partition coefficient (Wildman–Crippen LogP) is 3.84. The Kier molecular flexibility index (Phi) is 5.88. The Morgan fingerprint density at radius 1 is 0.907 bits per heavy atom. The molecule has 2 aliphatic heterocycles. The molecule has 1 saturated heterocycles. The van der Waals surface area contributed by atoms with Gasteiger partial charge in [0.1, 0.15) is 6.04 Å². The Morgan fingerprint density at radius 3 is 2.56 bits per heavy atom. The highest BCUT2D eigenvalue weighted by atomic mass is 16.2. The first kappa shape index (κ1) is 25.8. The average Bonchev–Trinajstić information content (AvgIpc) is 3.70. The number of aromatic nitrogens is 4. The van der Waals surface area contributed by atoms with E-state index in [1.165, 1.54) is 0 Å². The lowest BCUT2D eigenvalue weighted by molar-refractivity contribution is -0.136. The second kappa shape index (κ2) is 9.82. The Bertz CT molecular complexity index is 1830. The molecule has 8 rings (SSSR count). The lowest BCUT2D eigenvalue weighted by Gasteiger charge is -2.35. The molecule has 4 aromatic rings. The fourth-order valence-electron chi connectivity index (χ4n) is 6.56. The highest BCUT2D eigenvalue weighted by molar-refractivity contribution is 6.23. The minimum absolute atomic E-state index is 0.0952. The van der Waals surface area contributed by atoms with Gasteiger partial charge in [-0.05, 0) is 68.4 Å². The van der Waals surface area contributed by atoms with Gasteiger partial charge >= 0.3 is 0 Å². The molecule has 216 valence electrons. The number of carbonyl (C=O) groups excluding carboxylic acids is 4. The zero-order valence-electron chi connectivity index (χ0n) is 23.3. The number of amides is 4. The summed E-state index contributed by atoms with van der Waals surface area (Å²) < 4.78 is 2.12. The molecular formula is C32H29N7O4. The Hall–Kier alpha value is -4.93. The molecule has 1 aromatic carbocycles. The number of piperidine rings is 1. The summed E-state index contributed by atoms with van der Waals surface area (Å²) >= 11 is 0. The topological polar surface area (TPSA) is 139 Å². The van der Waals surface area contributed by atoms with Crippen LogP contribution in [0.2, 0.25) is 0 Å². The molecular weight excluding hydrogens is 546 g/mol. The van der Waals surface area contributed by atoms with Crippen LogP contribution in [-0.4, -0.2) is 60.9 Å². The lowest BCUT2D eigenvalue weighted by Crippen LogP contribution is -2.54. The maximum absolute atomic E-state index is 13.1. The maximum Gasteiger partial charge on any atom is 0.262 e. The Morgan fingerprint density at radius 2 is 1.74 bits per heavy atom. The first-order valence-electron chi connectivity index (χ1n) is 14.8. The van der Waals surface area contributed by atoms with Gasteiger partial charge in [0, 0.05) is 54.1 Å². The standard InChI is InChI=1S/C32H29N7O4/c40-26-8-7-25(30(41)36-26)39-31(42)22-6-5-20(14-23(22)32(39)43)35-15-17-12-21(13-17)38-16-24(27(37-38)19-3-4-19)29-28-18(9-11-34-29)2-1-10-33-28/h1-2,5-6,9-11,14,16-17,19,21,25,35H,3-4,7-8,12-13,15H2,(H,36,40,41)/t17-,21-,25?. The van der Waals surface area contributed by atoms with Crippen LogP contribution in [0.4, 0.5) is 5.69 Å². The van der Waals surface area contributed by atoms with Crippen LogP contribution in [0.5, 0.6) is 0 Å². The maximum atomic E-state index is 13.1. The minimum atomic E-state index is -0.968. The molecule has 2 saturated carbocycles. The van der Waals surface area contributed by atoms with E-state index in [1.807, 2.05) is 18.3 Å². The molecule has 11 heteroatoms. The van der Waals surface area contributed by atoms with Gasteiger partial charge in [-0.3, -0.25) is 44.0 Å². The van der Waals surface area contributed by atoms with Gasteiger partial charge in [-0.25, -0.2) is 0 Å². The third kappa shape index (κ3) is 4.38. The van der Waals surface area contributed by atoms with Gasteiger partial charge in [-0.1, -0.05) is 6.07 Å². The van der Waals surface area contributed by atoms with E-state index in [9.17, 15) is 19.2 Å². The highest BCUT2D eigenvalue weighted by Gasteiger charge is 2.44. The number of pyridine rings is 2. The van der Waals surface area contributed by atoms with Crippen LogP contribution >= 0.6 is 0 Å². The molecule has 43 heavy (non-hydrogen) atoms. The monoisotopic (exact) mass is 575 g/mol. The van der Waals surface area contributed by atoms with Crippen LogP contribution in [0.25, 0.3) is 22.2 Å². The molecule has 2 N–H and O–H groups in total. The SMILES string of the molecule is O=C1CCC(N2C(=O)c3ccc(NC[C@H]4C[C@H](n5cc(-c6nccc7cccnc67)c(C6CC6)n5)C4)cc3C2=O)C(=O)N1. The number of nitrogens with zero attached hydrogens (tertiary/aromatic N) is 5. The number of nitrogens with one attached hydrogen (secondary N) is 2. The fraction of sp³-hybridized carbons (Fsp3) is 0.344. The third-order valence-corrected chi connectivity index (χ3v) is 9.12. The molecule has 11 nitrogen and oxygen atoms in total. The second-order valence-corrected chi connectivity index (χ2v) is 12.0. The fourth-order valence-corrected chi connectivity index (χ4v) is 6.56. The number of hydrogen-bond acceptors (Lipinski definition) is 8. The summed E-state index contributed by atoms with van der Waals surface area (Å²) in [6.45, 7) is 0.729. The van der Waals surface area contributed by atoms with Crippen molar-refractivity contribution >= 4 is 40.2 Å². The summed E-state index contributed by atoms with van der Waals surface area (Å²) in [6.07, 6.45) is 10.3. The van der Waals surface area contributed by atoms with Gasteiger partial charge in [0.25, 0.3) is 11.8 Å². The number of anilines is 1. The largest absolute Gasteiger partial charge is 0.385 e. The number of fused-ring (bicyclic) bond motifs is 2. The number of carbonyl (C=O) groups is 4. The molecule has 0 bridgehead atoms. The Balaban J connectivity index is 0.935. The van der Waals surface area contributed by atoms with E-state index >= 15 is 0 Å². The van der Waals surface area contributed by atoms with E-state index in [4.69, 9.17) is 10.1 Å². The second-order valence-electron chi connectivity index (χ2n) is 12.0. The first-order chi connectivity index (χ1) is 20.9. The van der Waals surface area contributed by atoms with Gasteiger partial charge in [-0.15, -0.1) is 0 Å². The quantitative estimate of drug-likeness (QED) is 0.317. The number of imide groups is 2. The van der Waals surface area contributed by atoms with Crippen molar-refractivity contribution in [3.8, 4) is 11.3 Å². The molecule has 4 amide bonds. The van der Waals surface area contributed by atoms with Crippen molar-refractivity contribution in [1.82, 2.24) is 30.0 Å². The molecule has 4 aliphatic rings. The van der Waals surface area contributed by atoms with Gasteiger partial charge < -0.3 is 5.32 Å². The van der Waals surface area contributed by atoms with Crippen LogP contribution in [0, 0.1) is 5.92 Å². The normalized spacial score (nSPS) is 23.3. The molecule has 2 aliphatic carbocycles. The van der Waals surface area contributed by atoms with E-state index < -0.39 is 29.7 Å². The number of benzene rings is 1. The summed E-state index contributed by atoms with van der Waals surface area (Å²) in [5, 5.41) is 11.8. The molecule has 3 fully saturated rings. The van der Waals surface area contributed by atoms with Gasteiger partial charge in [0.2, 0.25) is 11.8 Å². The van der Waals surface area contributed by atoms with Crippen LogP contribution in [0.15, 0.2) is 55.0 Å². The Labute approximate surface area is 246 Å². The zero-order valence-corrected chi connectivity index (χ0v) is 23.3. The van der Waals surface area contributed by atoms with Crippen molar-refractivity contribution in [3.05, 3.63) is 71.8 Å². The molecule has 0 radical (unpaired) electrons. The smallest absolute Gasteiger partial charge is 0.262 e. The zero-order chi connectivity index (χ0) is 29.2. The third-order valence-electron chi connectivity index (χ3n) is 9.12. The van der Waals surface area contributed by atoms with Crippen molar-refractivity contribution in [3.63, 3.8) is 0 Å². The summed E-state index contributed by atoms with van der Waals surface area (Å²) in [7, 11) is 0. The highest BCUT2D eigenvalue weighted by Crippen LogP contribution is 2.46. The molecule has 3 aromatic heterocycles. The number of hydrogen-bond donors (Lipinski definition) is 2. The van der Waals surface area contributed by atoms with Crippen molar-refractivity contribution in [2.45, 2.75) is 56.5 Å². The van der Waals surface area contributed by atoms with Crippen LogP contribution in [0.3, 0.4) is 0 Å². The van der Waals surface area contributed by atoms with Crippen molar-refractivity contribution in [2.24, 2.45) is 5.92 Å². The predicted molar refractivity (Wildman–Crippen MR) is 156 cm³/mol. The summed E-state index contributed by atoms with van der Waals surface area (Å²) in [4.78, 5) is 60.3. The summed E-state index contributed by atoms with van der Waals surface area (Å²) in [6, 6.07) is 10.4. The van der Waals surface area contributed by atoms with E-state index in [-0.39, 0.29) is 24.0 Å². The molecule has 1 unspecified atom stereocenters. The average molecular weight is 576 g/mol. The van der Waals surface area contributed by atoms with Crippen LogP contribution in [-0.2, 0) is 9.59 Å². The van der Waals surface area contributed by atoms with Gasteiger partial charge in [0.15, 0.2) is 0 Å². The van der Waals surface area contributed by atoms with E-state index in [2.05, 4.69) is 32.6 Å². The van der Waals surface area contributed by atoms with Crippen molar-refractivity contribution in [2.75, 3.05) is 11.9 Å². The minimum Gasteiger partial charge on any atom is -0.385 e. The van der Waals surface area contributed by atoms with Crippen LogP contribution < -0.4 is 10.6 Å². The molecule has 5 heterocycles. The van der Waals surface area contributed by atoms with Crippen molar-refractivity contribution in [1.29, 1.82) is 0 Å². The number of rotatable bonds is 7.